The molecule has 2 aromatic heterocycles. The fourth-order valence-corrected chi connectivity index (χ4v) is 1.31. The Morgan fingerprint density at radius 1 is 1.28 bits per heavy atom. The second-order valence-corrected chi connectivity index (χ2v) is 3.11. The number of hydrogen-bond acceptors (Lipinski definition) is 6. The van der Waals surface area contributed by atoms with Crippen molar-refractivity contribution in [2.24, 2.45) is 0 Å². The van der Waals surface area contributed by atoms with Crippen molar-refractivity contribution in [2.45, 2.75) is 0 Å². The van der Waals surface area contributed by atoms with Crippen LogP contribution in [0.5, 0.6) is 5.88 Å². The van der Waals surface area contributed by atoms with Crippen LogP contribution in [0.2, 0.25) is 0 Å². The molecule has 6 nitrogen and oxygen atoms in total. The first-order valence-electron chi connectivity index (χ1n) is 4.76. The van der Waals surface area contributed by atoms with Gasteiger partial charge in [-0.1, -0.05) is 0 Å². The number of nitrogens with zero attached hydrogens (tertiary/aromatic N) is 3. The van der Waals surface area contributed by atoms with Crippen molar-refractivity contribution in [3.8, 4) is 17.4 Å². The van der Waals surface area contributed by atoms with E-state index < -0.39 is 5.97 Å². The maximum atomic E-state index is 10.9. The Kier molecular flexibility index (Phi) is 5.83. The van der Waals surface area contributed by atoms with Crippen LogP contribution >= 0.6 is 0 Å². The Balaban J connectivity index is 0.00000162. The van der Waals surface area contributed by atoms with Gasteiger partial charge in [-0.05, 0) is 12.1 Å². The van der Waals surface area contributed by atoms with Gasteiger partial charge in [0, 0.05) is 24.0 Å². The third kappa shape index (κ3) is 3.33. The molecule has 0 saturated carbocycles. The van der Waals surface area contributed by atoms with E-state index in [9.17, 15) is 9.90 Å². The minimum absolute atomic E-state index is 0. The molecule has 0 unspecified atom stereocenters. The van der Waals surface area contributed by atoms with E-state index in [1.807, 2.05) is 0 Å². The van der Waals surface area contributed by atoms with Gasteiger partial charge in [0.05, 0.1) is 13.1 Å². The average Bonchev–Trinajstić information content (AvgIpc) is 2.39. The molecular weight excluding hydrogens is 261 g/mol. The smallest absolute Gasteiger partial charge is 0.545 e. The van der Waals surface area contributed by atoms with Crippen molar-refractivity contribution in [1.29, 1.82) is 0 Å². The number of hydrogen-bond donors (Lipinski definition) is 0. The fraction of sp³-hybridized carbons (Fsp3) is 0.0909. The number of carbonyl (C=O) groups is 1. The molecule has 2 rings (SSSR count). The van der Waals surface area contributed by atoms with Crippen LogP contribution in [0.25, 0.3) is 11.5 Å². The summed E-state index contributed by atoms with van der Waals surface area (Å²) in [5.74, 6) is -0.828. The zero-order valence-electron chi connectivity index (χ0n) is 9.95. The molecule has 18 heavy (non-hydrogen) atoms. The van der Waals surface area contributed by atoms with Crippen LogP contribution in [0.15, 0.2) is 30.6 Å². The zero-order valence-corrected chi connectivity index (χ0v) is 13.1. The van der Waals surface area contributed by atoms with E-state index >= 15 is 0 Å². The number of pyridine rings is 1. The number of methoxy groups -OCH3 is 1. The van der Waals surface area contributed by atoms with Gasteiger partial charge >= 0.3 is 51.4 Å². The topological polar surface area (TPSA) is 88.0 Å². The molecule has 0 aliphatic heterocycles. The molecule has 0 radical (unpaired) electrons. The first-order chi connectivity index (χ1) is 8.22. The van der Waals surface area contributed by atoms with E-state index in [0.717, 1.165) is 0 Å². The van der Waals surface area contributed by atoms with Gasteiger partial charge in [-0.3, -0.25) is 0 Å². The van der Waals surface area contributed by atoms with Gasteiger partial charge in [0.1, 0.15) is 5.69 Å². The van der Waals surface area contributed by atoms with Crippen molar-refractivity contribution in [3.63, 3.8) is 0 Å². The number of carboxylic acids is 1. The SMILES string of the molecule is COc1ccc(C(=O)[O-])c(-c2ncccn2)n1.[K+]. The maximum Gasteiger partial charge on any atom is 1.00 e. The summed E-state index contributed by atoms with van der Waals surface area (Å²) in [5, 5.41) is 10.9. The summed E-state index contributed by atoms with van der Waals surface area (Å²) in [6, 6.07) is 4.42. The Labute approximate surface area is 146 Å². The number of rotatable bonds is 3. The van der Waals surface area contributed by atoms with Gasteiger partial charge in [-0.25, -0.2) is 15.0 Å². The number of carboxylic acid groups (broad SMARTS) is 1. The third-order valence-corrected chi connectivity index (χ3v) is 2.08. The molecule has 86 valence electrons. The monoisotopic (exact) mass is 269 g/mol. The van der Waals surface area contributed by atoms with E-state index in [1.165, 1.54) is 31.6 Å². The number of aromatic nitrogens is 3. The van der Waals surface area contributed by atoms with Crippen LogP contribution in [-0.2, 0) is 0 Å². The normalized spacial score (nSPS) is 9.39. The Morgan fingerprint density at radius 2 is 1.94 bits per heavy atom. The molecule has 0 amide bonds. The molecule has 2 aromatic rings. The summed E-state index contributed by atoms with van der Waals surface area (Å²) in [6.07, 6.45) is 3.01. The van der Waals surface area contributed by atoms with Gasteiger partial charge < -0.3 is 14.6 Å². The van der Waals surface area contributed by atoms with Crippen LogP contribution in [0.3, 0.4) is 0 Å². The van der Waals surface area contributed by atoms with E-state index in [-0.39, 0.29) is 74.3 Å². The van der Waals surface area contributed by atoms with Crippen LogP contribution in [-0.4, -0.2) is 28.0 Å². The first kappa shape index (κ1) is 15.2. The molecule has 0 aliphatic carbocycles. The van der Waals surface area contributed by atoms with Crippen molar-refractivity contribution in [2.75, 3.05) is 7.11 Å². The van der Waals surface area contributed by atoms with Gasteiger partial charge in [0.15, 0.2) is 5.82 Å². The van der Waals surface area contributed by atoms with Crippen molar-refractivity contribution >= 4 is 5.97 Å². The van der Waals surface area contributed by atoms with E-state index in [0.29, 0.717) is 0 Å². The molecule has 0 bridgehead atoms. The summed E-state index contributed by atoms with van der Waals surface area (Å²) in [5.41, 5.74) is 0.0574. The number of carbonyl (C=O) groups excluding carboxylic acids is 1. The minimum atomic E-state index is -1.33. The Bertz CT molecular complexity index is 548. The summed E-state index contributed by atoms with van der Waals surface area (Å²) in [6.45, 7) is 0. The minimum Gasteiger partial charge on any atom is -0.545 e. The predicted octanol–water partition coefficient (Wildman–Crippen LogP) is -3.09. The summed E-state index contributed by atoms with van der Waals surface area (Å²) >= 11 is 0. The van der Waals surface area contributed by atoms with Crippen molar-refractivity contribution in [1.82, 2.24) is 15.0 Å². The van der Waals surface area contributed by atoms with Crippen molar-refractivity contribution < 1.29 is 66.0 Å². The molecular formula is C11H8KN3O3. The molecule has 0 aliphatic rings. The second kappa shape index (κ2) is 6.91. The molecule has 0 N–H and O–H groups in total. The molecule has 0 aromatic carbocycles. The average molecular weight is 269 g/mol. The molecule has 0 saturated heterocycles. The van der Waals surface area contributed by atoms with Crippen LogP contribution in [0.4, 0.5) is 0 Å². The largest absolute Gasteiger partial charge is 1.00 e. The molecule has 0 fully saturated rings. The van der Waals surface area contributed by atoms with E-state index in [2.05, 4.69) is 15.0 Å². The predicted molar refractivity (Wildman–Crippen MR) is 56.1 cm³/mol. The van der Waals surface area contributed by atoms with Crippen LogP contribution in [0, 0.1) is 0 Å². The zero-order chi connectivity index (χ0) is 12.3. The summed E-state index contributed by atoms with van der Waals surface area (Å²) in [4.78, 5) is 22.9. The Morgan fingerprint density at radius 3 is 2.50 bits per heavy atom. The molecule has 7 heteroatoms. The van der Waals surface area contributed by atoms with Gasteiger partial charge in [-0.15, -0.1) is 0 Å². The molecule has 2 heterocycles. The standard InChI is InChI=1S/C11H9N3O3.K/c1-17-8-4-3-7(11(15)16)9(14-8)10-12-5-2-6-13-10;/h2-6H,1H3,(H,15,16);/q;+1/p-1. The first-order valence-corrected chi connectivity index (χ1v) is 4.76. The van der Waals surface area contributed by atoms with Gasteiger partial charge in [0.2, 0.25) is 5.88 Å². The van der Waals surface area contributed by atoms with Crippen molar-refractivity contribution in [3.05, 3.63) is 36.2 Å². The third-order valence-electron chi connectivity index (χ3n) is 2.08. The summed E-state index contributed by atoms with van der Waals surface area (Å²) < 4.78 is 4.93. The fourth-order valence-electron chi connectivity index (χ4n) is 1.31. The number of aromatic carboxylic acids is 1. The quantitative estimate of drug-likeness (QED) is 0.549. The number of ether oxygens (including phenoxy) is 1. The van der Waals surface area contributed by atoms with E-state index in [1.54, 1.807) is 6.07 Å². The Hall–Kier alpha value is -0.864. The second-order valence-electron chi connectivity index (χ2n) is 3.11. The molecule has 0 spiro atoms. The van der Waals surface area contributed by atoms with Crippen LogP contribution < -0.4 is 61.2 Å². The van der Waals surface area contributed by atoms with Crippen LogP contribution in [0.1, 0.15) is 10.4 Å². The van der Waals surface area contributed by atoms with Gasteiger partial charge in [0.25, 0.3) is 0 Å². The summed E-state index contributed by atoms with van der Waals surface area (Å²) in [7, 11) is 1.44. The van der Waals surface area contributed by atoms with Gasteiger partial charge in [-0.2, -0.15) is 0 Å². The molecule has 0 atom stereocenters. The van der Waals surface area contributed by atoms with E-state index in [4.69, 9.17) is 4.74 Å². The maximum absolute atomic E-state index is 10.9.